The monoisotopic (exact) mass is 370 g/mol. The third-order valence-electron chi connectivity index (χ3n) is 4.77. The summed E-state index contributed by atoms with van der Waals surface area (Å²) in [5.74, 6) is 0.558. The summed E-state index contributed by atoms with van der Waals surface area (Å²) < 4.78 is 13.7. The van der Waals surface area contributed by atoms with Gasteiger partial charge in [-0.3, -0.25) is 0 Å². The van der Waals surface area contributed by atoms with Crippen molar-refractivity contribution in [2.24, 2.45) is 5.73 Å². The average molecular weight is 371 g/mol. The van der Waals surface area contributed by atoms with Crippen LogP contribution in [-0.4, -0.2) is 31.2 Å². The number of aromatic nitrogens is 1. The molecule has 2 aromatic carbocycles. The Morgan fingerprint density at radius 3 is 2.58 bits per heavy atom. The summed E-state index contributed by atoms with van der Waals surface area (Å²) in [6, 6.07) is 13.0. The molecule has 3 aromatic rings. The van der Waals surface area contributed by atoms with Gasteiger partial charge in [0, 0.05) is 43.7 Å². The molecule has 4 rings (SSSR count). The van der Waals surface area contributed by atoms with Crippen LogP contribution in [0.5, 0.6) is 0 Å². The minimum atomic E-state index is -0.276. The molecule has 1 aliphatic heterocycles. The van der Waals surface area contributed by atoms with E-state index in [-0.39, 0.29) is 12.4 Å². The van der Waals surface area contributed by atoms with E-state index in [9.17, 15) is 4.39 Å². The highest BCUT2D eigenvalue weighted by Gasteiger charge is 2.16. The molecule has 0 atom stereocenters. The second-order valence-electron chi connectivity index (χ2n) is 6.45. The largest absolute Gasteiger partial charge is 0.353 e. The van der Waals surface area contributed by atoms with Gasteiger partial charge in [-0.25, -0.2) is 9.37 Å². The summed E-state index contributed by atoms with van der Waals surface area (Å²) in [5, 5.41) is 4.95. The molecule has 0 radical (unpaired) electrons. The smallest absolute Gasteiger partial charge is 0.148 e. The standard InChI is InChI=1S/C20H20ClFN4/c21-17-11-15-9-14(13-1-3-18(22)16(10-13)12-23)2-4-19(15)25-20(17)26-7-5-24-6-8-26/h1-4,9-11,24H,5-8,12,23H2. The average Bonchev–Trinajstić information content (AvgIpc) is 2.68. The fourth-order valence-electron chi connectivity index (χ4n) is 3.33. The van der Waals surface area contributed by atoms with Gasteiger partial charge >= 0.3 is 0 Å². The topological polar surface area (TPSA) is 54.2 Å². The first-order valence-corrected chi connectivity index (χ1v) is 9.08. The summed E-state index contributed by atoms with van der Waals surface area (Å²) in [7, 11) is 0. The highest BCUT2D eigenvalue weighted by Crippen LogP contribution is 2.31. The van der Waals surface area contributed by atoms with E-state index in [0.29, 0.717) is 10.6 Å². The molecule has 26 heavy (non-hydrogen) atoms. The van der Waals surface area contributed by atoms with E-state index >= 15 is 0 Å². The van der Waals surface area contributed by atoms with E-state index in [0.717, 1.165) is 54.0 Å². The highest BCUT2D eigenvalue weighted by molar-refractivity contribution is 6.33. The molecule has 0 bridgehead atoms. The van der Waals surface area contributed by atoms with Crippen molar-refractivity contribution < 1.29 is 4.39 Å². The molecule has 0 spiro atoms. The predicted molar refractivity (Wildman–Crippen MR) is 105 cm³/mol. The van der Waals surface area contributed by atoms with Gasteiger partial charge in [-0.2, -0.15) is 0 Å². The van der Waals surface area contributed by atoms with Gasteiger partial charge in [0.15, 0.2) is 0 Å². The van der Waals surface area contributed by atoms with Gasteiger partial charge in [-0.15, -0.1) is 0 Å². The van der Waals surface area contributed by atoms with E-state index in [4.69, 9.17) is 22.3 Å². The molecule has 134 valence electrons. The molecule has 3 N–H and O–H groups in total. The number of benzene rings is 2. The summed E-state index contributed by atoms with van der Waals surface area (Å²) in [6.45, 7) is 3.84. The summed E-state index contributed by atoms with van der Waals surface area (Å²) >= 11 is 6.51. The normalized spacial score (nSPS) is 14.8. The minimum absolute atomic E-state index is 0.175. The second kappa shape index (κ2) is 7.19. The zero-order valence-electron chi connectivity index (χ0n) is 14.3. The van der Waals surface area contributed by atoms with Gasteiger partial charge in [0.05, 0.1) is 10.5 Å². The van der Waals surface area contributed by atoms with Crippen LogP contribution in [0.3, 0.4) is 0 Å². The fourth-order valence-corrected chi connectivity index (χ4v) is 3.61. The lowest BCUT2D eigenvalue weighted by molar-refractivity contribution is 0.585. The maximum atomic E-state index is 13.7. The number of piperazine rings is 1. The summed E-state index contributed by atoms with van der Waals surface area (Å²) in [4.78, 5) is 6.98. The molecular formula is C20H20ClFN4. The Hall–Kier alpha value is -2.21. The molecule has 6 heteroatoms. The number of hydrogen-bond donors (Lipinski definition) is 2. The zero-order chi connectivity index (χ0) is 18.1. The Labute approximate surface area is 156 Å². The van der Waals surface area contributed by atoms with Crippen LogP contribution in [-0.2, 0) is 6.54 Å². The molecule has 0 saturated carbocycles. The number of nitrogens with one attached hydrogen (secondary N) is 1. The van der Waals surface area contributed by atoms with Crippen molar-refractivity contribution in [1.29, 1.82) is 0 Å². The Kier molecular flexibility index (Phi) is 4.76. The molecule has 1 saturated heterocycles. The van der Waals surface area contributed by atoms with Crippen LogP contribution in [0.2, 0.25) is 5.02 Å². The SMILES string of the molecule is NCc1cc(-c2ccc3nc(N4CCNCC4)c(Cl)cc3c2)ccc1F. The number of halogens is 2. The quantitative estimate of drug-likeness (QED) is 0.740. The van der Waals surface area contributed by atoms with Gasteiger partial charge < -0.3 is 16.0 Å². The number of nitrogens with two attached hydrogens (primary N) is 1. The minimum Gasteiger partial charge on any atom is -0.353 e. The maximum absolute atomic E-state index is 13.7. The van der Waals surface area contributed by atoms with Crippen LogP contribution < -0.4 is 16.0 Å². The molecule has 4 nitrogen and oxygen atoms in total. The van der Waals surface area contributed by atoms with Crippen LogP contribution in [0.15, 0.2) is 42.5 Å². The molecular weight excluding hydrogens is 351 g/mol. The van der Waals surface area contributed by atoms with Gasteiger partial charge in [-0.05, 0) is 41.5 Å². The second-order valence-corrected chi connectivity index (χ2v) is 6.86. The Balaban J connectivity index is 1.74. The highest BCUT2D eigenvalue weighted by atomic mass is 35.5. The van der Waals surface area contributed by atoms with Gasteiger partial charge in [0.1, 0.15) is 11.6 Å². The van der Waals surface area contributed by atoms with Crippen molar-refractivity contribution in [2.45, 2.75) is 6.54 Å². The van der Waals surface area contributed by atoms with E-state index in [2.05, 4.69) is 10.2 Å². The summed E-state index contributed by atoms with van der Waals surface area (Å²) in [5.41, 5.74) is 8.94. The third kappa shape index (κ3) is 3.26. The third-order valence-corrected chi connectivity index (χ3v) is 5.04. The van der Waals surface area contributed by atoms with Crippen molar-refractivity contribution in [3.05, 3.63) is 58.9 Å². The molecule has 2 heterocycles. The number of anilines is 1. The van der Waals surface area contributed by atoms with Crippen LogP contribution in [0.1, 0.15) is 5.56 Å². The fraction of sp³-hybridized carbons (Fsp3) is 0.250. The molecule has 1 fully saturated rings. The Morgan fingerprint density at radius 2 is 1.81 bits per heavy atom. The molecule has 1 aliphatic rings. The molecule has 0 amide bonds. The van der Waals surface area contributed by atoms with Crippen molar-refractivity contribution in [3.8, 4) is 11.1 Å². The molecule has 0 unspecified atom stereocenters. The number of rotatable bonds is 3. The van der Waals surface area contributed by atoms with E-state index in [1.54, 1.807) is 12.1 Å². The lowest BCUT2D eigenvalue weighted by atomic mass is 10.0. The van der Waals surface area contributed by atoms with Crippen molar-refractivity contribution in [1.82, 2.24) is 10.3 Å². The first-order valence-electron chi connectivity index (χ1n) is 8.70. The zero-order valence-corrected chi connectivity index (χ0v) is 15.1. The molecule has 0 aliphatic carbocycles. The first kappa shape index (κ1) is 17.2. The first-order chi connectivity index (χ1) is 12.7. The van der Waals surface area contributed by atoms with Crippen molar-refractivity contribution in [2.75, 3.05) is 31.1 Å². The number of fused-ring (bicyclic) bond motifs is 1. The number of pyridine rings is 1. The maximum Gasteiger partial charge on any atom is 0.148 e. The van der Waals surface area contributed by atoms with Gasteiger partial charge in [-0.1, -0.05) is 23.7 Å². The van der Waals surface area contributed by atoms with E-state index < -0.39 is 0 Å². The Bertz CT molecular complexity index is 954. The van der Waals surface area contributed by atoms with E-state index in [1.807, 2.05) is 24.3 Å². The van der Waals surface area contributed by atoms with Crippen LogP contribution in [0.25, 0.3) is 22.0 Å². The van der Waals surface area contributed by atoms with E-state index in [1.165, 1.54) is 6.07 Å². The predicted octanol–water partition coefficient (Wildman–Crippen LogP) is 3.56. The van der Waals surface area contributed by atoms with Crippen LogP contribution in [0, 0.1) is 5.82 Å². The van der Waals surface area contributed by atoms with Crippen LogP contribution in [0.4, 0.5) is 10.2 Å². The summed E-state index contributed by atoms with van der Waals surface area (Å²) in [6.07, 6.45) is 0. The van der Waals surface area contributed by atoms with Crippen LogP contribution >= 0.6 is 11.6 Å². The van der Waals surface area contributed by atoms with Crippen molar-refractivity contribution in [3.63, 3.8) is 0 Å². The lowest BCUT2D eigenvalue weighted by Crippen LogP contribution is -2.44. The number of hydrogen-bond acceptors (Lipinski definition) is 4. The molecule has 1 aromatic heterocycles. The Morgan fingerprint density at radius 1 is 1.08 bits per heavy atom. The lowest BCUT2D eigenvalue weighted by Gasteiger charge is -2.29. The van der Waals surface area contributed by atoms with Gasteiger partial charge in [0.25, 0.3) is 0 Å². The van der Waals surface area contributed by atoms with Crippen molar-refractivity contribution >= 4 is 28.3 Å². The number of nitrogens with zero attached hydrogens (tertiary/aromatic N) is 2. The van der Waals surface area contributed by atoms with Gasteiger partial charge in [0.2, 0.25) is 0 Å².